The second-order valence-corrected chi connectivity index (χ2v) is 7.28. The molecule has 2 heterocycles. The SMILES string of the molecule is O=C(NC1CCCC1C(=O)NO)c1ccc(C2=NOCC2c2cccnc2)cc1. The molecule has 1 saturated carbocycles. The van der Waals surface area contributed by atoms with Gasteiger partial charge in [0.1, 0.15) is 6.61 Å². The zero-order valence-electron chi connectivity index (χ0n) is 15.7. The fourth-order valence-electron chi connectivity index (χ4n) is 3.99. The van der Waals surface area contributed by atoms with Gasteiger partial charge < -0.3 is 10.2 Å². The highest BCUT2D eigenvalue weighted by Crippen LogP contribution is 2.28. The maximum absolute atomic E-state index is 12.6. The summed E-state index contributed by atoms with van der Waals surface area (Å²) >= 11 is 0. The monoisotopic (exact) mass is 394 g/mol. The van der Waals surface area contributed by atoms with E-state index in [1.54, 1.807) is 30.0 Å². The molecule has 2 aromatic rings. The van der Waals surface area contributed by atoms with Crippen LogP contribution >= 0.6 is 0 Å². The molecule has 1 aromatic carbocycles. The largest absolute Gasteiger partial charge is 0.394 e. The van der Waals surface area contributed by atoms with Crippen LogP contribution in [0.15, 0.2) is 53.9 Å². The number of benzene rings is 1. The van der Waals surface area contributed by atoms with Gasteiger partial charge in [-0.2, -0.15) is 0 Å². The van der Waals surface area contributed by atoms with E-state index in [9.17, 15) is 9.59 Å². The second-order valence-electron chi connectivity index (χ2n) is 7.28. The maximum atomic E-state index is 12.6. The van der Waals surface area contributed by atoms with Gasteiger partial charge in [-0.3, -0.25) is 19.8 Å². The van der Waals surface area contributed by atoms with Crippen molar-refractivity contribution < 1.29 is 19.6 Å². The fourth-order valence-corrected chi connectivity index (χ4v) is 3.99. The van der Waals surface area contributed by atoms with Crippen LogP contribution in [0.3, 0.4) is 0 Å². The van der Waals surface area contributed by atoms with E-state index in [1.165, 1.54) is 0 Å². The molecule has 29 heavy (non-hydrogen) atoms. The van der Waals surface area contributed by atoms with Crippen molar-refractivity contribution in [1.29, 1.82) is 0 Å². The molecule has 3 unspecified atom stereocenters. The van der Waals surface area contributed by atoms with Gasteiger partial charge in [0.2, 0.25) is 5.91 Å². The number of rotatable bonds is 5. The van der Waals surface area contributed by atoms with Gasteiger partial charge >= 0.3 is 0 Å². The van der Waals surface area contributed by atoms with Crippen molar-refractivity contribution in [3.8, 4) is 0 Å². The van der Waals surface area contributed by atoms with Gasteiger partial charge in [-0.25, -0.2) is 5.48 Å². The van der Waals surface area contributed by atoms with Crippen molar-refractivity contribution >= 4 is 17.5 Å². The van der Waals surface area contributed by atoms with E-state index in [-0.39, 0.29) is 17.9 Å². The van der Waals surface area contributed by atoms with Gasteiger partial charge in [-0.1, -0.05) is 29.8 Å². The third-order valence-corrected chi connectivity index (χ3v) is 5.54. The molecule has 0 spiro atoms. The number of nitrogens with one attached hydrogen (secondary N) is 2. The van der Waals surface area contributed by atoms with Crippen LogP contribution in [0.5, 0.6) is 0 Å². The van der Waals surface area contributed by atoms with Gasteiger partial charge in [-0.15, -0.1) is 0 Å². The van der Waals surface area contributed by atoms with E-state index >= 15 is 0 Å². The minimum atomic E-state index is -0.455. The summed E-state index contributed by atoms with van der Waals surface area (Å²) in [5.74, 6) is -1.11. The Hall–Kier alpha value is -3.26. The Balaban J connectivity index is 1.45. The highest BCUT2D eigenvalue weighted by molar-refractivity contribution is 6.06. The number of pyridine rings is 1. The van der Waals surface area contributed by atoms with Crippen LogP contribution in [-0.4, -0.2) is 40.4 Å². The van der Waals surface area contributed by atoms with Crippen LogP contribution in [0.1, 0.15) is 46.7 Å². The molecule has 0 bridgehead atoms. The molecule has 0 saturated heterocycles. The third-order valence-electron chi connectivity index (χ3n) is 5.54. The second kappa shape index (κ2) is 8.40. The van der Waals surface area contributed by atoms with E-state index in [4.69, 9.17) is 10.0 Å². The molecule has 1 aliphatic heterocycles. The van der Waals surface area contributed by atoms with Crippen LogP contribution in [0, 0.1) is 5.92 Å². The average molecular weight is 394 g/mol. The first-order valence-electron chi connectivity index (χ1n) is 9.62. The topological polar surface area (TPSA) is 113 Å². The summed E-state index contributed by atoms with van der Waals surface area (Å²) in [4.78, 5) is 33.8. The van der Waals surface area contributed by atoms with Gasteiger partial charge in [0.05, 0.1) is 17.5 Å². The lowest BCUT2D eigenvalue weighted by molar-refractivity contribution is -0.133. The lowest BCUT2D eigenvalue weighted by Crippen LogP contribution is -2.43. The number of hydrogen-bond acceptors (Lipinski definition) is 6. The highest BCUT2D eigenvalue weighted by Gasteiger charge is 2.34. The van der Waals surface area contributed by atoms with Crippen molar-refractivity contribution in [3.05, 3.63) is 65.5 Å². The summed E-state index contributed by atoms with van der Waals surface area (Å²) in [5, 5.41) is 16.0. The normalized spacial score (nSPS) is 23.2. The zero-order chi connectivity index (χ0) is 20.2. The average Bonchev–Trinajstić information content (AvgIpc) is 3.43. The Morgan fingerprint density at radius 1 is 1.14 bits per heavy atom. The number of carbonyl (C=O) groups is 2. The molecule has 1 fully saturated rings. The van der Waals surface area contributed by atoms with Gasteiger partial charge in [0.25, 0.3) is 5.91 Å². The number of hydroxylamine groups is 1. The van der Waals surface area contributed by atoms with E-state index < -0.39 is 11.8 Å². The summed E-state index contributed by atoms with van der Waals surface area (Å²) < 4.78 is 0. The van der Waals surface area contributed by atoms with E-state index in [0.717, 1.165) is 23.3 Å². The fraction of sp³-hybridized carbons (Fsp3) is 0.333. The molecule has 4 rings (SSSR count). The quantitative estimate of drug-likeness (QED) is 0.530. The molecule has 150 valence electrons. The number of hydrogen-bond donors (Lipinski definition) is 3. The van der Waals surface area contributed by atoms with Crippen molar-refractivity contribution in [2.45, 2.75) is 31.2 Å². The highest BCUT2D eigenvalue weighted by atomic mass is 16.6. The molecule has 0 radical (unpaired) electrons. The van der Waals surface area contributed by atoms with E-state index in [1.807, 2.05) is 24.3 Å². The van der Waals surface area contributed by atoms with Gasteiger partial charge in [0, 0.05) is 29.6 Å². The summed E-state index contributed by atoms with van der Waals surface area (Å²) in [6.07, 6.45) is 5.71. The lowest BCUT2D eigenvalue weighted by Gasteiger charge is -2.19. The van der Waals surface area contributed by atoms with Crippen molar-refractivity contribution in [2.75, 3.05) is 6.61 Å². The Morgan fingerprint density at radius 3 is 2.69 bits per heavy atom. The number of carbonyl (C=O) groups excluding carboxylic acids is 2. The van der Waals surface area contributed by atoms with Gasteiger partial charge in [-0.05, 0) is 36.6 Å². The minimum Gasteiger partial charge on any atom is -0.394 e. The molecule has 2 amide bonds. The lowest BCUT2D eigenvalue weighted by atomic mass is 9.91. The standard InChI is InChI=1S/C21H22N4O4/c26-20(23-18-5-1-4-16(18)21(27)24-28)14-8-6-13(7-9-14)19-17(12-29-25-19)15-3-2-10-22-11-15/h2-3,6-11,16-18,28H,1,4-5,12H2,(H,23,26)(H,24,27). The Bertz CT molecular complexity index is 914. The maximum Gasteiger partial charge on any atom is 0.251 e. The van der Waals surface area contributed by atoms with Crippen LogP contribution in [-0.2, 0) is 9.63 Å². The molecule has 8 nitrogen and oxygen atoms in total. The molecule has 2 aliphatic rings. The molecule has 3 N–H and O–H groups in total. The first-order chi connectivity index (χ1) is 14.2. The third kappa shape index (κ3) is 3.97. The van der Waals surface area contributed by atoms with Crippen molar-refractivity contribution in [3.63, 3.8) is 0 Å². The summed E-state index contributed by atoms with van der Waals surface area (Å²) in [5.41, 5.74) is 4.90. The summed E-state index contributed by atoms with van der Waals surface area (Å²) in [7, 11) is 0. The van der Waals surface area contributed by atoms with Gasteiger partial charge in [0.15, 0.2) is 0 Å². The number of nitrogens with zero attached hydrogens (tertiary/aromatic N) is 2. The summed E-state index contributed by atoms with van der Waals surface area (Å²) in [6, 6.07) is 10.8. The number of aromatic nitrogens is 1. The predicted octanol–water partition coefficient (Wildman–Crippen LogP) is 2.00. The Morgan fingerprint density at radius 2 is 1.97 bits per heavy atom. The molecule has 1 aromatic heterocycles. The van der Waals surface area contributed by atoms with E-state index in [2.05, 4.69) is 15.5 Å². The number of oxime groups is 1. The zero-order valence-corrected chi connectivity index (χ0v) is 15.7. The van der Waals surface area contributed by atoms with E-state index in [0.29, 0.717) is 25.0 Å². The Labute approximate surface area is 167 Å². The van der Waals surface area contributed by atoms with Crippen LogP contribution in [0.2, 0.25) is 0 Å². The first kappa shape index (κ1) is 19.1. The first-order valence-corrected chi connectivity index (χ1v) is 9.62. The molecular weight excluding hydrogens is 372 g/mol. The molecule has 8 heteroatoms. The molecule has 3 atom stereocenters. The summed E-state index contributed by atoms with van der Waals surface area (Å²) in [6.45, 7) is 0.458. The molecular formula is C21H22N4O4. The smallest absolute Gasteiger partial charge is 0.251 e. The van der Waals surface area contributed by atoms with Crippen LogP contribution in [0.4, 0.5) is 0 Å². The number of amides is 2. The van der Waals surface area contributed by atoms with Crippen molar-refractivity contribution in [2.24, 2.45) is 11.1 Å². The predicted molar refractivity (Wildman–Crippen MR) is 104 cm³/mol. The van der Waals surface area contributed by atoms with Crippen molar-refractivity contribution in [1.82, 2.24) is 15.8 Å². The van der Waals surface area contributed by atoms with Crippen LogP contribution in [0.25, 0.3) is 0 Å². The minimum absolute atomic E-state index is 0.000354. The molecule has 1 aliphatic carbocycles. The van der Waals surface area contributed by atoms with Crippen LogP contribution < -0.4 is 10.8 Å². The Kier molecular flexibility index (Phi) is 5.53.